The average molecular weight is 384 g/mol. The second-order valence-electron chi connectivity index (χ2n) is 11.4. The molecule has 0 aromatic heterocycles. The molecule has 1 rings (SSSR count). The zero-order chi connectivity index (χ0) is 22.1. The van der Waals surface area contributed by atoms with E-state index in [4.69, 9.17) is 4.74 Å². The molecule has 0 aromatic carbocycles. The van der Waals surface area contributed by atoms with Crippen LogP contribution in [-0.2, 0) is 14.3 Å². The van der Waals surface area contributed by atoms with Crippen molar-refractivity contribution in [3.05, 3.63) is 0 Å². The topological polar surface area (TPSA) is 58.7 Å². The Morgan fingerprint density at radius 3 is 1.70 bits per heavy atom. The Labute approximate surface area is 168 Å². The summed E-state index contributed by atoms with van der Waals surface area (Å²) in [5.74, 6) is 0.140. The zero-order valence-corrected chi connectivity index (χ0v) is 20.2. The first-order valence-corrected chi connectivity index (χ1v) is 10.4. The lowest BCUT2D eigenvalue weighted by atomic mass is 9.64. The van der Waals surface area contributed by atoms with E-state index in [-0.39, 0.29) is 34.2 Å². The summed E-state index contributed by atoms with van der Waals surface area (Å²) in [6.07, 6.45) is 1.37. The molecule has 0 bridgehead atoms. The first-order valence-electron chi connectivity index (χ1n) is 10.4. The maximum absolute atomic E-state index is 12.9. The second-order valence-corrected chi connectivity index (χ2v) is 11.4. The van der Waals surface area contributed by atoms with Gasteiger partial charge in [-0.2, -0.15) is 0 Å². The van der Waals surface area contributed by atoms with Crippen molar-refractivity contribution in [1.29, 1.82) is 0 Å². The van der Waals surface area contributed by atoms with Crippen LogP contribution in [0.5, 0.6) is 0 Å². The molecule has 4 nitrogen and oxygen atoms in total. The molecule has 2 unspecified atom stereocenters. The number of ketones is 1. The number of ether oxygens (including phenoxy) is 1. The Balaban J connectivity index is 0.00000326. The smallest absolute Gasteiger partial charge is 0.351 e. The van der Waals surface area contributed by atoms with E-state index in [9.17, 15) is 9.59 Å². The van der Waals surface area contributed by atoms with E-state index in [2.05, 4.69) is 39.9 Å². The molecule has 2 atom stereocenters. The Kier molecular flexibility index (Phi) is 7.95. The highest BCUT2D eigenvalue weighted by Gasteiger charge is 2.56. The van der Waals surface area contributed by atoms with Crippen LogP contribution in [0, 0.1) is 16.2 Å². The van der Waals surface area contributed by atoms with Gasteiger partial charge in [-0.1, -0.05) is 62.3 Å². The molecule has 1 N–H and O–H groups in total. The number of cyclic esters (lactones) is 1. The minimum atomic E-state index is -0.682. The number of nitrogens with one attached hydrogen (secondary N) is 1. The van der Waals surface area contributed by atoms with Gasteiger partial charge in [-0.05, 0) is 39.5 Å². The third-order valence-corrected chi connectivity index (χ3v) is 5.05. The first-order chi connectivity index (χ1) is 11.8. The van der Waals surface area contributed by atoms with Crippen molar-refractivity contribution in [2.75, 3.05) is 0 Å². The van der Waals surface area contributed by atoms with Crippen molar-refractivity contribution in [3.63, 3.8) is 0 Å². The molecule has 0 aromatic rings. The van der Waals surface area contributed by atoms with E-state index < -0.39 is 11.0 Å². The Morgan fingerprint density at radius 2 is 1.41 bits per heavy atom. The van der Waals surface area contributed by atoms with Gasteiger partial charge in [0.25, 0.3) is 0 Å². The molecule has 1 aliphatic heterocycles. The molecule has 0 amide bonds. The number of carbonyl (C=O) groups is 2. The van der Waals surface area contributed by atoms with Crippen LogP contribution < -0.4 is 5.32 Å². The number of carbonyl (C=O) groups excluding carboxylic acids is 2. The minimum Gasteiger partial charge on any atom is -0.444 e. The third kappa shape index (κ3) is 7.56. The summed E-state index contributed by atoms with van der Waals surface area (Å²) in [4.78, 5) is 24.6. The average Bonchev–Trinajstić information content (AvgIpc) is 3.02. The molecular weight excluding hydrogens is 338 g/mol. The van der Waals surface area contributed by atoms with Gasteiger partial charge in [0.05, 0.1) is 0 Å². The maximum atomic E-state index is 12.9. The molecule has 0 aliphatic carbocycles. The summed E-state index contributed by atoms with van der Waals surface area (Å²) in [5, 5.41) is 3.67. The lowest BCUT2D eigenvalue weighted by Gasteiger charge is -2.44. The van der Waals surface area contributed by atoms with Gasteiger partial charge in [-0.3, -0.25) is 4.79 Å². The van der Waals surface area contributed by atoms with Gasteiger partial charge in [0.1, 0.15) is 5.78 Å². The fraction of sp³-hybridized carbons (Fsp3) is 0.913. The Bertz CT molecular complexity index is 535. The summed E-state index contributed by atoms with van der Waals surface area (Å²) in [6.45, 7) is 26.6. The quantitative estimate of drug-likeness (QED) is 0.587. The molecule has 0 spiro atoms. The summed E-state index contributed by atoms with van der Waals surface area (Å²) >= 11 is 0. The van der Waals surface area contributed by atoms with Crippen molar-refractivity contribution in [2.24, 2.45) is 16.2 Å². The van der Waals surface area contributed by atoms with Crippen LogP contribution >= 0.6 is 0 Å². The highest BCUT2D eigenvalue weighted by Crippen LogP contribution is 2.45. The fourth-order valence-electron chi connectivity index (χ4n) is 4.10. The van der Waals surface area contributed by atoms with E-state index in [1.165, 1.54) is 0 Å². The van der Waals surface area contributed by atoms with Gasteiger partial charge >= 0.3 is 5.97 Å². The van der Waals surface area contributed by atoms with Gasteiger partial charge in [0, 0.05) is 28.8 Å². The van der Waals surface area contributed by atoms with Crippen LogP contribution in [0.1, 0.15) is 103 Å². The van der Waals surface area contributed by atoms with Gasteiger partial charge < -0.3 is 10.1 Å². The zero-order valence-electron chi connectivity index (χ0n) is 20.2. The molecule has 1 aliphatic rings. The van der Waals surface area contributed by atoms with Crippen molar-refractivity contribution < 1.29 is 14.3 Å². The van der Waals surface area contributed by atoms with E-state index in [0.717, 1.165) is 6.42 Å². The fourth-order valence-corrected chi connectivity index (χ4v) is 4.10. The summed E-state index contributed by atoms with van der Waals surface area (Å²) in [6, 6.07) is 0.0657. The molecule has 160 valence electrons. The number of hydrogen-bond donors (Lipinski definition) is 1. The van der Waals surface area contributed by atoms with Gasteiger partial charge in [0.15, 0.2) is 0 Å². The molecule has 1 heterocycles. The van der Waals surface area contributed by atoms with Crippen molar-refractivity contribution in [3.8, 4) is 0 Å². The van der Waals surface area contributed by atoms with Gasteiger partial charge in [0.2, 0.25) is 5.60 Å². The Hall–Kier alpha value is -0.900. The third-order valence-electron chi connectivity index (χ3n) is 5.05. The molecular formula is C23H45NO3. The number of Topliss-reactive ketones (excluding diaryl/α,β-unsaturated/α-hetero) is 1. The molecule has 1 saturated heterocycles. The number of rotatable bonds is 7. The predicted molar refractivity (Wildman–Crippen MR) is 114 cm³/mol. The minimum absolute atomic E-state index is 0.0657. The van der Waals surface area contributed by atoms with Crippen LogP contribution in [0.25, 0.3) is 0 Å². The van der Waals surface area contributed by atoms with Crippen LogP contribution in [-0.4, -0.2) is 28.9 Å². The number of hydrogen-bond acceptors (Lipinski definition) is 4. The molecule has 27 heavy (non-hydrogen) atoms. The highest BCUT2D eigenvalue weighted by molar-refractivity contribution is 5.92. The van der Waals surface area contributed by atoms with Crippen LogP contribution in [0.15, 0.2) is 0 Å². The standard InChI is InChI=1S/C21H39NO3.C2H6/c1-17(2,3)15(23)20(9,10)13-19(7,8)14(22-18(4,5)6)12-21(11)16(24)25-21;1-2/h14,22H,12-13H2,1-11H3;1-2H3. The second kappa shape index (κ2) is 8.23. The van der Waals surface area contributed by atoms with Crippen LogP contribution in [0.4, 0.5) is 0 Å². The SMILES string of the molecule is CC.CC(C)(C)NC(CC1(C)OC1=O)C(C)(C)CC(C)(C)C(=O)C(C)(C)C. The maximum Gasteiger partial charge on any atom is 0.351 e. The largest absolute Gasteiger partial charge is 0.444 e. The van der Waals surface area contributed by atoms with Crippen LogP contribution in [0.3, 0.4) is 0 Å². The van der Waals surface area contributed by atoms with E-state index in [1.807, 2.05) is 55.4 Å². The molecule has 0 radical (unpaired) electrons. The van der Waals surface area contributed by atoms with Crippen molar-refractivity contribution >= 4 is 11.8 Å². The Morgan fingerprint density at radius 1 is 1.00 bits per heavy atom. The van der Waals surface area contributed by atoms with E-state index in [0.29, 0.717) is 6.42 Å². The first kappa shape index (κ1) is 26.1. The summed E-state index contributed by atoms with van der Waals surface area (Å²) in [7, 11) is 0. The summed E-state index contributed by atoms with van der Waals surface area (Å²) < 4.78 is 5.23. The van der Waals surface area contributed by atoms with Gasteiger partial charge in [-0.25, -0.2) is 4.79 Å². The highest BCUT2D eigenvalue weighted by atomic mass is 16.7. The lowest BCUT2D eigenvalue weighted by Crippen LogP contribution is -2.54. The molecule has 0 saturated carbocycles. The normalized spacial score (nSPS) is 21.7. The molecule has 1 fully saturated rings. The van der Waals surface area contributed by atoms with Gasteiger partial charge in [-0.15, -0.1) is 0 Å². The molecule has 4 heteroatoms. The number of epoxide rings is 1. The van der Waals surface area contributed by atoms with Crippen molar-refractivity contribution in [1.82, 2.24) is 5.32 Å². The van der Waals surface area contributed by atoms with Crippen molar-refractivity contribution in [2.45, 2.75) is 120 Å². The monoisotopic (exact) mass is 383 g/mol. The van der Waals surface area contributed by atoms with Crippen LogP contribution in [0.2, 0.25) is 0 Å². The van der Waals surface area contributed by atoms with E-state index in [1.54, 1.807) is 0 Å². The lowest BCUT2D eigenvalue weighted by molar-refractivity contribution is -0.137. The summed E-state index contributed by atoms with van der Waals surface area (Å²) in [5.41, 5.74) is -1.75. The predicted octanol–water partition coefficient (Wildman–Crippen LogP) is 5.53. The van der Waals surface area contributed by atoms with E-state index >= 15 is 0 Å².